The minimum Gasteiger partial charge on any atom is -0.299 e. The topological polar surface area (TPSA) is 51.9 Å². The minimum absolute atomic E-state index is 0.983. The van der Waals surface area contributed by atoms with Crippen molar-refractivity contribution in [3.63, 3.8) is 0 Å². The zero-order valence-corrected chi connectivity index (χ0v) is 74.7. The molecule has 24 rings (SSSR count). The molecule has 0 radical (unpaired) electrons. The van der Waals surface area contributed by atoms with E-state index in [-0.39, 0.29) is 0 Å². The highest BCUT2D eigenvalue weighted by Gasteiger charge is 2.31. The third-order valence-corrected chi connectivity index (χ3v) is 21.9. The Hall–Kier alpha value is -11.7. The van der Waals surface area contributed by atoms with E-state index in [0.29, 0.717) is 0 Å². The van der Waals surface area contributed by atoms with Gasteiger partial charge in [-0.2, -0.15) is 0 Å². The summed E-state index contributed by atoms with van der Waals surface area (Å²) < 4.78 is 6.94. The van der Waals surface area contributed by atoms with Crippen molar-refractivity contribution >= 4 is 82.0 Å². The van der Waals surface area contributed by atoms with Crippen molar-refractivity contribution in [2.45, 2.75) is 205 Å². The number of hydrogen-bond acceptors (Lipinski definition) is 3. The molecule has 0 saturated carbocycles. The van der Waals surface area contributed by atoms with E-state index in [1.165, 1.54) is 199 Å². The van der Waals surface area contributed by atoms with Gasteiger partial charge in [0.1, 0.15) is 16.9 Å². The molecular weight excluding hydrogens is 1420 g/mol. The molecule has 0 fully saturated rings. The third-order valence-electron chi connectivity index (χ3n) is 21.9. The summed E-state index contributed by atoms with van der Waals surface area (Å²) in [5, 5.41) is 11.8. The normalized spacial score (nSPS) is 11.4. The van der Waals surface area contributed by atoms with Crippen molar-refractivity contribution in [1.29, 1.82) is 0 Å². The minimum atomic E-state index is 0.983. The first-order chi connectivity index (χ1) is 58.1. The quantitative estimate of drug-likeness (QED) is 0.142. The molecule has 0 amide bonds. The number of fused-ring (bicyclic) bond motifs is 41. The largest absolute Gasteiger partial charge is 0.299 e. The van der Waals surface area contributed by atoms with Gasteiger partial charge in [0.2, 0.25) is 0 Å². The Labute approximate surface area is 699 Å². The molecular formula is C111H126N6. The fourth-order valence-electron chi connectivity index (χ4n) is 18.1. The highest BCUT2D eigenvalue weighted by molar-refractivity contribution is 6.21. The number of hydrogen-bond donors (Lipinski definition) is 0. The number of imidazole rings is 3. The van der Waals surface area contributed by atoms with Gasteiger partial charge >= 0.3 is 0 Å². The molecule has 0 bridgehead atoms. The van der Waals surface area contributed by atoms with E-state index >= 15 is 0 Å². The van der Waals surface area contributed by atoms with Crippen LogP contribution in [-0.4, -0.2) is 28.2 Å². The molecule has 0 unspecified atom stereocenters. The van der Waals surface area contributed by atoms with Crippen molar-refractivity contribution < 1.29 is 0 Å². The number of rotatable bonds is 0. The first kappa shape index (κ1) is 87.7. The van der Waals surface area contributed by atoms with Crippen LogP contribution in [0.4, 0.5) is 0 Å². The smallest absolute Gasteiger partial charge is 0.145 e. The predicted octanol–water partition coefficient (Wildman–Crippen LogP) is 32.7. The molecule has 0 aliphatic heterocycles. The molecule has 6 aromatic heterocycles. The van der Waals surface area contributed by atoms with Crippen LogP contribution < -0.4 is 0 Å². The zero-order chi connectivity index (χ0) is 84.3. The highest BCUT2D eigenvalue weighted by Crippen LogP contribution is 2.52. The van der Waals surface area contributed by atoms with E-state index in [0.717, 1.165) is 55.5 Å². The summed E-state index contributed by atoms with van der Waals surface area (Å²) in [6.45, 7) is 48.0. The van der Waals surface area contributed by atoms with Gasteiger partial charge in [-0.05, 0) is 195 Å². The molecule has 117 heavy (non-hydrogen) atoms. The molecule has 0 spiro atoms. The molecule has 6 aliphatic rings. The zero-order valence-electron chi connectivity index (χ0n) is 74.7. The maximum absolute atomic E-state index is 4.82. The molecule has 0 saturated heterocycles. The number of benzene rings is 12. The van der Waals surface area contributed by atoms with Crippen LogP contribution in [0, 0.1) is 0 Å². The van der Waals surface area contributed by atoms with Crippen LogP contribution in [0.2, 0.25) is 0 Å². The van der Waals surface area contributed by atoms with Gasteiger partial charge < -0.3 is 0 Å². The fourth-order valence-corrected chi connectivity index (χ4v) is 18.1. The predicted molar refractivity (Wildman–Crippen MR) is 516 cm³/mol. The van der Waals surface area contributed by atoms with Crippen molar-refractivity contribution in [2.24, 2.45) is 0 Å². The first-order valence-electron chi connectivity index (χ1n) is 44.7. The molecule has 6 aliphatic carbocycles. The van der Waals surface area contributed by atoms with E-state index in [1.807, 2.05) is 185 Å². The third kappa shape index (κ3) is 15.0. The van der Waals surface area contributed by atoms with Crippen LogP contribution in [-0.2, 0) is 38.5 Å². The van der Waals surface area contributed by atoms with E-state index < -0.39 is 0 Å². The summed E-state index contributed by atoms with van der Waals surface area (Å²) in [7, 11) is 0. The monoisotopic (exact) mass is 1540 g/mol. The van der Waals surface area contributed by atoms with Gasteiger partial charge in [-0.3, -0.25) is 13.2 Å². The van der Waals surface area contributed by atoms with Gasteiger partial charge in [0.15, 0.2) is 0 Å². The van der Waals surface area contributed by atoms with Crippen molar-refractivity contribution in [1.82, 2.24) is 28.2 Å². The Morgan fingerprint density at radius 1 is 0.197 bits per heavy atom. The average Bonchev–Trinajstić information content (AvgIpc) is 1.59. The Kier molecular flexibility index (Phi) is 30.5. The lowest BCUT2D eigenvalue weighted by molar-refractivity contribution is 1.21. The van der Waals surface area contributed by atoms with Crippen LogP contribution >= 0.6 is 0 Å². The molecule has 0 N–H and O–H groups in total. The van der Waals surface area contributed by atoms with E-state index in [9.17, 15) is 0 Å². The summed E-state index contributed by atoms with van der Waals surface area (Å²) in [6.07, 6.45) is 18.2. The summed E-state index contributed by atoms with van der Waals surface area (Å²) in [4.78, 5) is 14.4. The van der Waals surface area contributed by atoms with Gasteiger partial charge in [0.25, 0.3) is 0 Å². The number of pyridine rings is 3. The summed E-state index contributed by atoms with van der Waals surface area (Å²) in [6, 6.07) is 81.0. The first-order valence-corrected chi connectivity index (χ1v) is 44.7. The van der Waals surface area contributed by atoms with Gasteiger partial charge in [-0.15, -0.1) is 0 Å². The van der Waals surface area contributed by atoms with Crippen molar-refractivity contribution in [2.75, 3.05) is 0 Å². The van der Waals surface area contributed by atoms with Gasteiger partial charge in [0.05, 0.1) is 16.6 Å². The lowest BCUT2D eigenvalue weighted by atomic mass is 9.93. The Morgan fingerprint density at radius 2 is 0.479 bits per heavy atom. The molecule has 12 aromatic carbocycles. The van der Waals surface area contributed by atoms with Crippen LogP contribution in [0.1, 0.15) is 233 Å². The van der Waals surface area contributed by atoms with E-state index in [4.69, 9.17) is 15.0 Å². The molecule has 18 aromatic rings. The van der Waals surface area contributed by atoms with Crippen LogP contribution in [0.5, 0.6) is 0 Å². The SMILES string of the molecule is CC.CC.CC.CC.CC.CC.CC.CC.CC.CC.CC.CC.c1ccc2c(c1)Cc1c-2ccc2c1c1ccc3c(c1n1ccnc21)-c1ccccc1C3.c1ccc2c(c1)Cc1c-2ccc2c1c1ccc3c(c1n1ccnc21)Cc1ccccc1-3.c1ccc2c(c1)Cc1cc3c(cc1-2)c1nccn1c1c2c(ccc31)Cc1ccccc1-2. The summed E-state index contributed by atoms with van der Waals surface area (Å²) in [5.41, 5.74) is 40.6. The maximum atomic E-state index is 4.82. The lowest BCUT2D eigenvalue weighted by Gasteiger charge is -2.15. The standard InChI is InChI=1S/3C29H18N2.12C2H6/c1-3-7-20-18(6-1)16-25-22(20)11-12-24-27(25)23-10-9-19-15-17-5-2-4-8-21(17)26(19)28(23)31-14-13-30-29(24)31;1-3-7-19-17(5-1)15-25-21(19)10-12-24-27(25)23-11-9-22-20-8-4-2-6-18(20)16-26(22)28(23)31-14-13-30-29(24)31;1-3-7-21-17(5-1)14-20-15-25-23-10-9-19-13-18-6-2-4-8-22(18)27(19)28(23)31-12-11-30-29(31)26(25)16-24(20)21;12*1-2/h2*1-14H,15-16H2;1-12,15-16H,13-14H2;12*1-2H3. The number of aromatic nitrogens is 6. The van der Waals surface area contributed by atoms with Crippen molar-refractivity contribution in [3.05, 3.63) is 322 Å². The second-order valence-electron chi connectivity index (χ2n) is 26.4. The summed E-state index contributed by atoms with van der Waals surface area (Å²) >= 11 is 0. The van der Waals surface area contributed by atoms with E-state index in [2.05, 4.69) is 250 Å². The molecule has 6 heteroatoms. The fraction of sp³-hybridized carbons (Fsp3) is 0.270. The Balaban J connectivity index is 0.000000164. The Bertz CT molecular complexity index is 6450. The Morgan fingerprint density at radius 3 is 0.889 bits per heavy atom. The van der Waals surface area contributed by atoms with Gasteiger partial charge in [-0.1, -0.05) is 360 Å². The van der Waals surface area contributed by atoms with Crippen molar-refractivity contribution in [3.8, 4) is 66.8 Å². The maximum Gasteiger partial charge on any atom is 0.145 e. The molecule has 6 nitrogen and oxygen atoms in total. The summed E-state index contributed by atoms with van der Waals surface area (Å²) in [5.74, 6) is 0. The second-order valence-corrected chi connectivity index (χ2v) is 26.4. The molecule has 600 valence electrons. The number of nitrogens with zero attached hydrogens (tertiary/aromatic N) is 6. The second kappa shape index (κ2) is 40.7. The van der Waals surface area contributed by atoms with Gasteiger partial charge in [0, 0.05) is 87.0 Å². The average molecular weight is 1540 g/mol. The van der Waals surface area contributed by atoms with E-state index in [1.54, 1.807) is 0 Å². The van der Waals surface area contributed by atoms with Crippen LogP contribution in [0.15, 0.2) is 256 Å². The molecule has 6 heterocycles. The van der Waals surface area contributed by atoms with Gasteiger partial charge in [-0.25, -0.2) is 15.0 Å². The van der Waals surface area contributed by atoms with Crippen LogP contribution in [0.25, 0.3) is 149 Å². The van der Waals surface area contributed by atoms with Crippen LogP contribution in [0.3, 0.4) is 0 Å². The lowest BCUT2D eigenvalue weighted by Crippen LogP contribution is -1.97. The highest BCUT2D eigenvalue weighted by atomic mass is 15.0. The molecule has 0 atom stereocenters.